The average Bonchev–Trinajstić information content (AvgIpc) is 2.56. The molecule has 14 heavy (non-hydrogen) atoms. The fraction of sp³-hybridized carbons (Fsp3) is 0.667. The summed E-state index contributed by atoms with van der Waals surface area (Å²) in [5.41, 5.74) is 11.6. The first kappa shape index (κ1) is 9.78. The van der Waals surface area contributed by atoms with Crippen LogP contribution in [0.4, 0.5) is 0 Å². The van der Waals surface area contributed by atoms with E-state index in [2.05, 4.69) is 18.8 Å². The molecule has 0 aliphatic heterocycles. The predicted octanol–water partition coefficient (Wildman–Crippen LogP) is 2.48. The summed E-state index contributed by atoms with van der Waals surface area (Å²) in [6.07, 6.45) is 5.10. The number of hydrogen-bond acceptors (Lipinski definition) is 1. The van der Waals surface area contributed by atoms with Gasteiger partial charge in [0.25, 0.3) is 0 Å². The van der Waals surface area contributed by atoms with E-state index in [1.54, 1.807) is 0 Å². The van der Waals surface area contributed by atoms with Crippen molar-refractivity contribution in [2.75, 3.05) is 0 Å². The fourth-order valence-corrected chi connectivity index (χ4v) is 2.50. The molecule has 0 radical (unpaired) electrons. The summed E-state index contributed by atoms with van der Waals surface area (Å²) < 4.78 is 0. The van der Waals surface area contributed by atoms with Crippen molar-refractivity contribution in [3.8, 4) is 0 Å². The zero-order valence-corrected chi connectivity index (χ0v) is 9.19. The minimum atomic E-state index is 0.569. The second kappa shape index (κ2) is 3.77. The maximum Gasteiger partial charge on any atom is 0.0223 e. The van der Waals surface area contributed by atoms with Crippen LogP contribution in [0.15, 0.2) is 0 Å². The fourth-order valence-electron chi connectivity index (χ4n) is 2.50. The molecule has 3 N–H and O–H groups in total. The molecule has 1 aromatic rings. The lowest BCUT2D eigenvalue weighted by molar-refractivity contribution is 0.672. The summed E-state index contributed by atoms with van der Waals surface area (Å²) >= 11 is 0. The molecule has 1 aliphatic carbocycles. The van der Waals surface area contributed by atoms with E-state index < -0.39 is 0 Å². The normalized spacial score (nSPS) is 16.0. The topological polar surface area (TPSA) is 41.8 Å². The van der Waals surface area contributed by atoms with Gasteiger partial charge < -0.3 is 10.7 Å². The number of nitrogens with one attached hydrogen (secondary N) is 1. The first-order chi connectivity index (χ1) is 6.74. The maximum atomic E-state index is 5.84. The van der Waals surface area contributed by atoms with Crippen LogP contribution in [0.25, 0.3) is 0 Å². The standard InChI is InChI=1S/C12H20N2/c1-8(2)12-10(7-13)9-5-3-4-6-11(9)14-12/h8,14H,3-7,13H2,1-2H3. The van der Waals surface area contributed by atoms with E-state index in [4.69, 9.17) is 5.73 Å². The first-order valence-corrected chi connectivity index (χ1v) is 5.66. The molecule has 0 saturated carbocycles. The number of nitrogens with two attached hydrogens (primary N) is 1. The molecule has 2 nitrogen and oxygen atoms in total. The molecule has 78 valence electrons. The Hall–Kier alpha value is -0.760. The lowest BCUT2D eigenvalue weighted by atomic mass is 9.93. The number of aromatic amines is 1. The Morgan fingerprint density at radius 1 is 1.29 bits per heavy atom. The highest BCUT2D eigenvalue weighted by Gasteiger charge is 2.19. The van der Waals surface area contributed by atoms with Crippen molar-refractivity contribution in [1.29, 1.82) is 0 Å². The van der Waals surface area contributed by atoms with E-state index in [1.807, 2.05) is 0 Å². The molecule has 0 bridgehead atoms. The van der Waals surface area contributed by atoms with E-state index in [0.29, 0.717) is 12.5 Å². The van der Waals surface area contributed by atoms with Crippen molar-refractivity contribution >= 4 is 0 Å². The van der Waals surface area contributed by atoms with Gasteiger partial charge in [0.2, 0.25) is 0 Å². The largest absolute Gasteiger partial charge is 0.362 e. The van der Waals surface area contributed by atoms with Crippen molar-refractivity contribution in [3.05, 3.63) is 22.5 Å². The van der Waals surface area contributed by atoms with Gasteiger partial charge in [0.05, 0.1) is 0 Å². The summed E-state index contributed by atoms with van der Waals surface area (Å²) in [5, 5.41) is 0. The van der Waals surface area contributed by atoms with Crippen molar-refractivity contribution < 1.29 is 0 Å². The third-order valence-corrected chi connectivity index (χ3v) is 3.22. The molecule has 0 spiro atoms. The van der Waals surface area contributed by atoms with Gasteiger partial charge in [-0.2, -0.15) is 0 Å². The Kier molecular flexibility index (Phi) is 2.64. The van der Waals surface area contributed by atoms with Gasteiger partial charge in [0, 0.05) is 17.9 Å². The molecule has 1 aromatic heterocycles. The van der Waals surface area contributed by atoms with Gasteiger partial charge in [-0.05, 0) is 42.7 Å². The van der Waals surface area contributed by atoms with Gasteiger partial charge in [0.1, 0.15) is 0 Å². The summed E-state index contributed by atoms with van der Waals surface area (Å²) in [6, 6.07) is 0. The molecule has 1 heterocycles. The zero-order valence-electron chi connectivity index (χ0n) is 9.19. The highest BCUT2D eigenvalue weighted by atomic mass is 14.8. The smallest absolute Gasteiger partial charge is 0.0223 e. The predicted molar refractivity (Wildman–Crippen MR) is 59.4 cm³/mol. The number of H-pyrrole nitrogens is 1. The monoisotopic (exact) mass is 192 g/mol. The molecular weight excluding hydrogens is 172 g/mol. The molecule has 0 aromatic carbocycles. The van der Waals surface area contributed by atoms with Gasteiger partial charge in [0.15, 0.2) is 0 Å². The second-order valence-corrected chi connectivity index (χ2v) is 4.54. The Labute approximate surface area is 85.9 Å². The number of fused-ring (bicyclic) bond motifs is 1. The van der Waals surface area contributed by atoms with E-state index in [9.17, 15) is 0 Å². The Balaban J connectivity index is 2.46. The van der Waals surface area contributed by atoms with Gasteiger partial charge in [-0.15, -0.1) is 0 Å². The molecular formula is C12H20N2. The van der Waals surface area contributed by atoms with Crippen LogP contribution in [0.5, 0.6) is 0 Å². The second-order valence-electron chi connectivity index (χ2n) is 4.54. The van der Waals surface area contributed by atoms with Gasteiger partial charge in [-0.3, -0.25) is 0 Å². The molecule has 0 atom stereocenters. The molecule has 2 rings (SSSR count). The summed E-state index contributed by atoms with van der Waals surface area (Å²) in [7, 11) is 0. The quantitative estimate of drug-likeness (QED) is 0.742. The Morgan fingerprint density at radius 3 is 2.64 bits per heavy atom. The maximum absolute atomic E-state index is 5.84. The molecule has 0 amide bonds. The minimum absolute atomic E-state index is 0.569. The number of rotatable bonds is 2. The number of aryl methyl sites for hydroxylation is 1. The van der Waals surface area contributed by atoms with Gasteiger partial charge in [-0.25, -0.2) is 0 Å². The van der Waals surface area contributed by atoms with E-state index >= 15 is 0 Å². The Bertz CT molecular complexity index is 323. The molecule has 1 aliphatic rings. The SMILES string of the molecule is CC(C)c1[nH]c2c(c1CN)CCCC2. The number of aromatic nitrogens is 1. The van der Waals surface area contributed by atoms with Gasteiger partial charge >= 0.3 is 0 Å². The van der Waals surface area contributed by atoms with Crippen molar-refractivity contribution in [3.63, 3.8) is 0 Å². The lowest BCUT2D eigenvalue weighted by Crippen LogP contribution is -2.06. The van der Waals surface area contributed by atoms with Crippen LogP contribution < -0.4 is 5.73 Å². The van der Waals surface area contributed by atoms with Crippen LogP contribution in [-0.4, -0.2) is 4.98 Å². The molecule has 2 heteroatoms. The van der Waals surface area contributed by atoms with Crippen LogP contribution in [0.2, 0.25) is 0 Å². The van der Waals surface area contributed by atoms with Crippen molar-refractivity contribution in [2.45, 2.75) is 52.0 Å². The van der Waals surface area contributed by atoms with Crippen LogP contribution in [0.1, 0.15) is 55.1 Å². The van der Waals surface area contributed by atoms with Crippen LogP contribution in [-0.2, 0) is 19.4 Å². The summed E-state index contributed by atoms with van der Waals surface area (Å²) in [6.45, 7) is 5.16. The molecule has 0 fully saturated rings. The van der Waals surface area contributed by atoms with Crippen molar-refractivity contribution in [1.82, 2.24) is 4.98 Å². The highest BCUT2D eigenvalue weighted by molar-refractivity contribution is 5.39. The third kappa shape index (κ3) is 1.48. The summed E-state index contributed by atoms with van der Waals surface area (Å²) in [4.78, 5) is 3.57. The van der Waals surface area contributed by atoms with E-state index in [0.717, 1.165) is 0 Å². The first-order valence-electron chi connectivity index (χ1n) is 5.66. The molecule has 0 unspecified atom stereocenters. The van der Waals surface area contributed by atoms with Crippen LogP contribution in [0.3, 0.4) is 0 Å². The van der Waals surface area contributed by atoms with Gasteiger partial charge in [-0.1, -0.05) is 13.8 Å². The van der Waals surface area contributed by atoms with E-state index in [-0.39, 0.29) is 0 Å². The average molecular weight is 192 g/mol. The summed E-state index contributed by atoms with van der Waals surface area (Å²) in [5.74, 6) is 0.569. The lowest BCUT2D eigenvalue weighted by Gasteiger charge is -2.12. The van der Waals surface area contributed by atoms with Crippen molar-refractivity contribution in [2.24, 2.45) is 5.73 Å². The minimum Gasteiger partial charge on any atom is -0.362 e. The zero-order chi connectivity index (χ0) is 10.1. The Morgan fingerprint density at radius 2 is 2.00 bits per heavy atom. The third-order valence-electron chi connectivity index (χ3n) is 3.22. The number of hydrogen-bond donors (Lipinski definition) is 2. The van der Waals surface area contributed by atoms with Crippen LogP contribution >= 0.6 is 0 Å². The highest BCUT2D eigenvalue weighted by Crippen LogP contribution is 2.30. The van der Waals surface area contributed by atoms with Crippen LogP contribution in [0, 0.1) is 0 Å². The molecule has 0 saturated heterocycles. The van der Waals surface area contributed by atoms with E-state index in [1.165, 1.54) is 48.2 Å².